The van der Waals surface area contributed by atoms with Crippen molar-refractivity contribution in [3.8, 4) is 0 Å². The van der Waals surface area contributed by atoms with Crippen LogP contribution in [0.2, 0.25) is 0 Å². The van der Waals surface area contributed by atoms with Gasteiger partial charge in [-0.3, -0.25) is 4.79 Å². The molecule has 2 N–H and O–H groups in total. The minimum atomic E-state index is -0.547. The van der Waals surface area contributed by atoms with Gasteiger partial charge >= 0.3 is 6.09 Å². The number of fused-ring (bicyclic) bond motifs is 1. The summed E-state index contributed by atoms with van der Waals surface area (Å²) in [5.74, 6) is -0.101. The van der Waals surface area contributed by atoms with Gasteiger partial charge < -0.3 is 15.4 Å². The number of rotatable bonds is 1. The van der Waals surface area contributed by atoms with Gasteiger partial charge in [0.15, 0.2) is 0 Å². The third-order valence-corrected chi connectivity index (χ3v) is 2.91. The molecule has 2 rings (SSSR count). The maximum absolute atomic E-state index is 11.8. The highest BCUT2D eigenvalue weighted by molar-refractivity contribution is 5.93. The van der Waals surface area contributed by atoms with Crippen molar-refractivity contribution in [1.82, 2.24) is 5.32 Å². The van der Waals surface area contributed by atoms with E-state index in [1.165, 1.54) is 0 Å². The predicted octanol–water partition coefficient (Wildman–Crippen LogP) is 2.46. The number of hydrogen-bond acceptors (Lipinski definition) is 3. The van der Waals surface area contributed by atoms with E-state index >= 15 is 0 Å². The van der Waals surface area contributed by atoms with E-state index < -0.39 is 11.7 Å². The zero-order valence-electron chi connectivity index (χ0n) is 12.0. The lowest BCUT2D eigenvalue weighted by atomic mass is 10.0. The Bertz CT molecular complexity index is 520. The Balaban J connectivity index is 2.06. The first-order chi connectivity index (χ1) is 9.33. The summed E-state index contributed by atoms with van der Waals surface area (Å²) in [4.78, 5) is 23.6. The summed E-state index contributed by atoms with van der Waals surface area (Å²) >= 11 is 0. The Morgan fingerprint density at radius 2 is 2.00 bits per heavy atom. The second kappa shape index (κ2) is 5.53. The molecule has 5 heteroatoms. The van der Waals surface area contributed by atoms with Crippen molar-refractivity contribution in [2.45, 2.75) is 45.3 Å². The number of carbonyl (C=O) groups is 2. The van der Waals surface area contributed by atoms with E-state index in [0.29, 0.717) is 6.42 Å². The molecule has 0 spiro atoms. The van der Waals surface area contributed by atoms with Gasteiger partial charge in [-0.2, -0.15) is 0 Å². The zero-order valence-corrected chi connectivity index (χ0v) is 12.0. The van der Waals surface area contributed by atoms with Crippen LogP contribution in [-0.4, -0.2) is 23.6 Å². The zero-order chi connectivity index (χ0) is 14.8. The van der Waals surface area contributed by atoms with Crippen LogP contribution in [0.4, 0.5) is 10.5 Å². The van der Waals surface area contributed by atoms with Crippen LogP contribution in [-0.2, 0) is 16.0 Å². The Morgan fingerprint density at radius 3 is 2.70 bits per heavy atom. The van der Waals surface area contributed by atoms with Crippen molar-refractivity contribution in [1.29, 1.82) is 0 Å². The highest BCUT2D eigenvalue weighted by Gasteiger charge is 2.24. The van der Waals surface area contributed by atoms with Crippen molar-refractivity contribution in [2.75, 3.05) is 5.32 Å². The molecule has 0 fully saturated rings. The molecule has 108 valence electrons. The molecule has 0 saturated heterocycles. The number of carbonyl (C=O) groups excluding carboxylic acids is 2. The maximum Gasteiger partial charge on any atom is 0.407 e. The summed E-state index contributed by atoms with van der Waals surface area (Å²) in [6.07, 6.45) is 0.358. The van der Waals surface area contributed by atoms with Gasteiger partial charge in [0.2, 0.25) is 5.91 Å². The number of benzene rings is 1. The number of ether oxygens (including phenoxy) is 1. The second-order valence-corrected chi connectivity index (χ2v) is 5.96. The first-order valence-electron chi connectivity index (χ1n) is 6.71. The molecule has 1 aromatic rings. The second-order valence-electron chi connectivity index (χ2n) is 5.96. The molecule has 5 nitrogen and oxygen atoms in total. The smallest absolute Gasteiger partial charge is 0.407 e. The molecule has 2 amide bonds. The van der Waals surface area contributed by atoms with Crippen molar-refractivity contribution in [3.63, 3.8) is 0 Å². The molecule has 0 saturated carbocycles. The fourth-order valence-electron chi connectivity index (χ4n) is 2.16. The molecule has 20 heavy (non-hydrogen) atoms. The van der Waals surface area contributed by atoms with Crippen molar-refractivity contribution >= 4 is 17.7 Å². The lowest BCUT2D eigenvalue weighted by molar-refractivity contribution is -0.116. The van der Waals surface area contributed by atoms with E-state index in [1.807, 2.05) is 45.0 Å². The number of amides is 2. The lowest BCUT2D eigenvalue weighted by Gasteiger charge is -2.22. The summed E-state index contributed by atoms with van der Waals surface area (Å²) < 4.78 is 5.22. The van der Waals surface area contributed by atoms with Gasteiger partial charge in [-0.05, 0) is 38.8 Å². The van der Waals surface area contributed by atoms with Crippen molar-refractivity contribution < 1.29 is 14.3 Å². The third-order valence-electron chi connectivity index (χ3n) is 2.91. The Kier molecular flexibility index (Phi) is 3.97. The Morgan fingerprint density at radius 1 is 1.30 bits per heavy atom. The van der Waals surface area contributed by atoms with Crippen LogP contribution in [0.3, 0.4) is 0 Å². The molecule has 1 aliphatic rings. The van der Waals surface area contributed by atoms with Crippen LogP contribution in [0.5, 0.6) is 0 Å². The molecule has 0 aromatic heterocycles. The lowest BCUT2D eigenvalue weighted by Crippen LogP contribution is -2.41. The summed E-state index contributed by atoms with van der Waals surface area (Å²) in [6.45, 7) is 5.42. The molecule has 1 heterocycles. The van der Waals surface area contributed by atoms with E-state index in [1.54, 1.807) is 0 Å². The molecule has 1 aliphatic heterocycles. The van der Waals surface area contributed by atoms with Crippen LogP contribution >= 0.6 is 0 Å². The molecule has 0 bridgehead atoms. The molecule has 0 aliphatic carbocycles. The van der Waals surface area contributed by atoms with Gasteiger partial charge in [0.1, 0.15) is 5.60 Å². The first kappa shape index (κ1) is 14.4. The van der Waals surface area contributed by atoms with Crippen molar-refractivity contribution in [3.05, 3.63) is 29.8 Å². The van der Waals surface area contributed by atoms with Gasteiger partial charge in [-0.15, -0.1) is 0 Å². The Hall–Kier alpha value is -2.04. The van der Waals surface area contributed by atoms with E-state index in [4.69, 9.17) is 4.74 Å². The molecular weight excluding hydrogens is 256 g/mol. The number of nitrogens with one attached hydrogen (secondary N) is 2. The SMILES string of the molecule is CC(C)(C)OC(=O)NC1CC(=O)Nc2ccccc2C1. The number of anilines is 1. The minimum absolute atomic E-state index is 0.101. The Labute approximate surface area is 118 Å². The van der Waals surface area contributed by atoms with Crippen LogP contribution in [0, 0.1) is 0 Å². The van der Waals surface area contributed by atoms with E-state index in [2.05, 4.69) is 10.6 Å². The predicted molar refractivity (Wildman–Crippen MR) is 76.6 cm³/mol. The summed E-state index contributed by atoms with van der Waals surface area (Å²) in [7, 11) is 0. The number of alkyl carbamates (subject to hydrolysis) is 1. The molecule has 1 unspecified atom stereocenters. The van der Waals surface area contributed by atoms with Crippen LogP contribution in [0.1, 0.15) is 32.8 Å². The van der Waals surface area contributed by atoms with Gasteiger partial charge in [0.25, 0.3) is 0 Å². The maximum atomic E-state index is 11.8. The number of hydrogen-bond donors (Lipinski definition) is 2. The van der Waals surface area contributed by atoms with Gasteiger partial charge in [0.05, 0.1) is 0 Å². The van der Waals surface area contributed by atoms with E-state index in [-0.39, 0.29) is 18.4 Å². The minimum Gasteiger partial charge on any atom is -0.444 e. The molecule has 0 radical (unpaired) electrons. The van der Waals surface area contributed by atoms with Gasteiger partial charge in [-0.1, -0.05) is 18.2 Å². The van der Waals surface area contributed by atoms with Crippen molar-refractivity contribution in [2.24, 2.45) is 0 Å². The van der Waals surface area contributed by atoms with Crippen LogP contribution < -0.4 is 10.6 Å². The largest absolute Gasteiger partial charge is 0.444 e. The first-order valence-corrected chi connectivity index (χ1v) is 6.71. The standard InChI is InChI=1S/C15H20N2O3/c1-15(2,3)20-14(19)16-11-8-10-6-4-5-7-12(10)17-13(18)9-11/h4-7,11H,8-9H2,1-3H3,(H,16,19)(H,17,18). The molecular formula is C15H20N2O3. The molecule has 1 aromatic carbocycles. The fourth-order valence-corrected chi connectivity index (χ4v) is 2.16. The summed E-state index contributed by atoms with van der Waals surface area (Å²) in [6, 6.07) is 7.35. The van der Waals surface area contributed by atoms with E-state index in [0.717, 1.165) is 11.3 Å². The van der Waals surface area contributed by atoms with Crippen LogP contribution in [0.15, 0.2) is 24.3 Å². The third kappa shape index (κ3) is 3.98. The molecule has 1 atom stereocenters. The topological polar surface area (TPSA) is 67.4 Å². The van der Waals surface area contributed by atoms with Gasteiger partial charge in [-0.25, -0.2) is 4.79 Å². The average Bonchev–Trinajstić information content (AvgIpc) is 2.43. The quantitative estimate of drug-likeness (QED) is 0.828. The summed E-state index contributed by atoms with van der Waals surface area (Å²) in [5, 5.41) is 5.61. The van der Waals surface area contributed by atoms with Gasteiger partial charge in [0, 0.05) is 18.2 Å². The average molecular weight is 276 g/mol. The number of para-hydroxylation sites is 1. The highest BCUT2D eigenvalue weighted by atomic mass is 16.6. The summed E-state index contributed by atoms with van der Waals surface area (Å²) in [5.41, 5.74) is 1.28. The monoisotopic (exact) mass is 276 g/mol. The highest BCUT2D eigenvalue weighted by Crippen LogP contribution is 2.21. The fraction of sp³-hybridized carbons (Fsp3) is 0.467. The van der Waals surface area contributed by atoms with Crippen LogP contribution in [0.25, 0.3) is 0 Å². The normalized spacial score (nSPS) is 18.6. The van der Waals surface area contributed by atoms with E-state index in [9.17, 15) is 9.59 Å².